The van der Waals surface area contributed by atoms with Gasteiger partial charge in [0.2, 0.25) is 11.8 Å². The minimum Gasteiger partial charge on any atom is -0.388 e. The number of amides is 3. The predicted octanol–water partition coefficient (Wildman–Crippen LogP) is 4.51. The summed E-state index contributed by atoms with van der Waals surface area (Å²) in [7, 11) is 5.68. The van der Waals surface area contributed by atoms with Crippen LogP contribution in [0, 0.1) is 5.92 Å². The van der Waals surface area contributed by atoms with Gasteiger partial charge in [0.25, 0.3) is 11.5 Å². The van der Waals surface area contributed by atoms with Gasteiger partial charge in [0, 0.05) is 73.0 Å². The van der Waals surface area contributed by atoms with Crippen LogP contribution in [0.2, 0.25) is 5.02 Å². The maximum absolute atomic E-state index is 14.1. The number of nitrogens with zero attached hydrogens (tertiary/aromatic N) is 6. The van der Waals surface area contributed by atoms with Crippen LogP contribution in [-0.2, 0) is 35.5 Å². The number of rotatable bonds is 13. The minimum absolute atomic E-state index is 0.0160. The van der Waals surface area contributed by atoms with E-state index in [9.17, 15) is 24.3 Å². The lowest BCUT2D eigenvalue weighted by Gasteiger charge is -2.39. The Labute approximate surface area is 343 Å². The molecule has 304 valence electrons. The van der Waals surface area contributed by atoms with E-state index in [0.717, 1.165) is 41.7 Å². The summed E-state index contributed by atoms with van der Waals surface area (Å²) < 4.78 is 1.42. The van der Waals surface area contributed by atoms with Crippen LogP contribution in [0.5, 0.6) is 0 Å². The number of carbonyl (C=O) groups excluding carboxylic acids is 3. The Morgan fingerprint density at radius 1 is 0.983 bits per heavy atom. The molecular weight excluding hydrogens is 756 g/mol. The van der Waals surface area contributed by atoms with E-state index in [4.69, 9.17) is 16.6 Å². The number of aromatic nitrogens is 3. The molecule has 1 atom stereocenters. The van der Waals surface area contributed by atoms with Crippen molar-refractivity contribution in [3.05, 3.63) is 111 Å². The summed E-state index contributed by atoms with van der Waals surface area (Å²) in [6, 6.07) is 20.3. The first-order valence-corrected chi connectivity index (χ1v) is 20.3. The Hall–Kier alpha value is -5.21. The highest BCUT2D eigenvalue weighted by Crippen LogP contribution is 2.32. The van der Waals surface area contributed by atoms with Crippen LogP contribution in [-0.4, -0.2) is 112 Å². The third-order valence-corrected chi connectivity index (χ3v) is 11.7. The van der Waals surface area contributed by atoms with Crippen LogP contribution < -0.4 is 16.2 Å². The Morgan fingerprint density at radius 3 is 2.50 bits per heavy atom. The summed E-state index contributed by atoms with van der Waals surface area (Å²) in [5, 5.41) is 19.4. The predicted molar refractivity (Wildman–Crippen MR) is 226 cm³/mol. The number of carbonyl (C=O) groups is 3. The quantitative estimate of drug-likeness (QED) is 0.146. The molecule has 13 nitrogen and oxygen atoms in total. The number of benzene rings is 3. The molecule has 7 rings (SSSR count). The van der Waals surface area contributed by atoms with Crippen molar-refractivity contribution in [2.24, 2.45) is 5.92 Å². The number of pyridine rings is 1. The Balaban J connectivity index is 0.953. The van der Waals surface area contributed by atoms with Crippen LogP contribution in [0.25, 0.3) is 21.8 Å². The number of piperidine rings is 1. The second-order valence-electron chi connectivity index (χ2n) is 16.1. The van der Waals surface area contributed by atoms with E-state index in [1.54, 1.807) is 49.3 Å². The van der Waals surface area contributed by atoms with Gasteiger partial charge >= 0.3 is 0 Å². The number of likely N-dealkylation sites (N-methyl/N-ethyl adjacent to an activating group) is 2. The fraction of sp³-hybridized carbons (Fsp3) is 0.409. The molecule has 58 heavy (non-hydrogen) atoms. The van der Waals surface area contributed by atoms with E-state index >= 15 is 0 Å². The molecule has 5 aromatic rings. The highest BCUT2D eigenvalue weighted by molar-refractivity contribution is 6.36. The Morgan fingerprint density at radius 2 is 1.74 bits per heavy atom. The molecule has 14 heteroatoms. The SMILES string of the molecule is CN(C)CC(=O)Nc1ccc2c(=O)n(CC3(O)CCN(C(=O)C(CCCNC(=O)c4ccc5c(Cl)c6c(nc5c4)CCN(C)C6)Cc4ccccc4)CC3)cnc2c1. The summed E-state index contributed by atoms with van der Waals surface area (Å²) in [5.41, 5.74) is 3.82. The van der Waals surface area contributed by atoms with Crippen molar-refractivity contribution in [2.75, 3.05) is 59.2 Å². The van der Waals surface area contributed by atoms with Crippen LogP contribution >= 0.6 is 11.6 Å². The zero-order valence-electron chi connectivity index (χ0n) is 33.3. The molecule has 4 heterocycles. The van der Waals surface area contributed by atoms with E-state index in [-0.39, 0.29) is 42.3 Å². The molecule has 1 unspecified atom stereocenters. The third-order valence-electron chi connectivity index (χ3n) is 11.3. The molecule has 1 fully saturated rings. The number of likely N-dealkylation sites (tertiary alicyclic amines) is 1. The van der Waals surface area contributed by atoms with Crippen molar-refractivity contribution in [1.29, 1.82) is 0 Å². The summed E-state index contributed by atoms with van der Waals surface area (Å²) >= 11 is 6.79. The van der Waals surface area contributed by atoms with Crippen LogP contribution in [0.1, 0.15) is 52.9 Å². The van der Waals surface area contributed by atoms with Gasteiger partial charge in [0.1, 0.15) is 0 Å². The maximum Gasteiger partial charge on any atom is 0.261 e. The lowest BCUT2D eigenvalue weighted by Crippen LogP contribution is -2.51. The summed E-state index contributed by atoms with van der Waals surface area (Å²) in [5.74, 6) is -0.670. The monoisotopic (exact) mass is 806 g/mol. The number of fused-ring (bicyclic) bond motifs is 3. The maximum atomic E-state index is 14.1. The molecule has 0 aliphatic carbocycles. The molecule has 0 saturated carbocycles. The van der Waals surface area contributed by atoms with Gasteiger partial charge in [-0.3, -0.25) is 28.7 Å². The van der Waals surface area contributed by atoms with Crippen LogP contribution in [0.15, 0.2) is 77.9 Å². The average molecular weight is 807 g/mol. The molecule has 3 N–H and O–H groups in total. The Bertz CT molecular complexity index is 2380. The standard InChI is InChI=1S/C44H51ClN8O5/c1-50(2)26-39(54)48-32-12-14-34-37(24-32)47-28-53(43(34)57)27-44(58)16-20-52(21-17-44)42(56)31(22-29-8-5-4-6-9-29)10-7-18-46-41(55)30-11-13-33-38(23-30)49-36-15-19-51(3)25-35(36)40(33)45/h4-6,8-9,11-14,23-24,28,31,58H,7,10,15-22,25-27H2,1-3H3,(H,46,55)(H,48,54). The number of anilines is 1. The molecular formula is C44H51ClN8O5. The number of hydrogen-bond acceptors (Lipinski definition) is 9. The second kappa shape index (κ2) is 17.7. The number of nitrogens with one attached hydrogen (secondary N) is 2. The highest BCUT2D eigenvalue weighted by atomic mass is 35.5. The van der Waals surface area contributed by atoms with Crippen molar-refractivity contribution in [2.45, 2.75) is 57.2 Å². The molecule has 3 amide bonds. The first kappa shape index (κ1) is 41.0. The molecule has 0 bridgehead atoms. The molecule has 0 radical (unpaired) electrons. The number of halogens is 1. The van der Waals surface area contributed by atoms with E-state index in [1.165, 1.54) is 10.9 Å². The molecule has 0 spiro atoms. The van der Waals surface area contributed by atoms with Crippen molar-refractivity contribution < 1.29 is 19.5 Å². The Kier molecular flexibility index (Phi) is 12.5. The van der Waals surface area contributed by atoms with Gasteiger partial charge < -0.3 is 30.4 Å². The van der Waals surface area contributed by atoms with Gasteiger partial charge in [-0.1, -0.05) is 48.0 Å². The van der Waals surface area contributed by atoms with Crippen molar-refractivity contribution >= 4 is 56.8 Å². The lowest BCUT2D eigenvalue weighted by atomic mass is 9.88. The zero-order valence-corrected chi connectivity index (χ0v) is 34.1. The fourth-order valence-electron chi connectivity index (χ4n) is 8.04. The first-order chi connectivity index (χ1) is 27.9. The van der Waals surface area contributed by atoms with Crippen molar-refractivity contribution in [3.63, 3.8) is 0 Å². The average Bonchev–Trinajstić information content (AvgIpc) is 3.20. The van der Waals surface area contributed by atoms with E-state index in [2.05, 4.69) is 27.6 Å². The largest absolute Gasteiger partial charge is 0.388 e. The number of aliphatic hydroxyl groups is 1. The minimum atomic E-state index is -1.20. The molecule has 2 aromatic heterocycles. The van der Waals surface area contributed by atoms with Gasteiger partial charge in [-0.05, 0) is 89.1 Å². The smallest absolute Gasteiger partial charge is 0.261 e. The van der Waals surface area contributed by atoms with Gasteiger partial charge in [-0.15, -0.1) is 0 Å². The van der Waals surface area contributed by atoms with Gasteiger partial charge in [-0.25, -0.2) is 4.98 Å². The summed E-state index contributed by atoms with van der Waals surface area (Å²) in [4.78, 5) is 68.1. The van der Waals surface area contributed by atoms with Crippen molar-refractivity contribution in [3.8, 4) is 0 Å². The second-order valence-corrected chi connectivity index (χ2v) is 16.5. The van der Waals surface area contributed by atoms with Crippen LogP contribution in [0.3, 0.4) is 0 Å². The molecule has 3 aromatic carbocycles. The molecule has 2 aliphatic rings. The summed E-state index contributed by atoms with van der Waals surface area (Å²) in [6.45, 7) is 3.04. The molecule has 2 aliphatic heterocycles. The summed E-state index contributed by atoms with van der Waals surface area (Å²) in [6.07, 6.45) is 4.59. The normalized spacial score (nSPS) is 16.0. The number of hydrogen-bond donors (Lipinski definition) is 3. The topological polar surface area (TPSA) is 153 Å². The first-order valence-electron chi connectivity index (χ1n) is 19.9. The third kappa shape index (κ3) is 9.56. The highest BCUT2D eigenvalue weighted by Gasteiger charge is 2.36. The van der Waals surface area contributed by atoms with E-state index in [0.29, 0.717) is 84.4 Å². The zero-order chi connectivity index (χ0) is 41.0. The van der Waals surface area contributed by atoms with Gasteiger partial charge in [-0.2, -0.15) is 0 Å². The van der Waals surface area contributed by atoms with Gasteiger partial charge in [0.05, 0.1) is 46.5 Å². The molecule has 1 saturated heterocycles. The van der Waals surface area contributed by atoms with Crippen LogP contribution in [0.4, 0.5) is 5.69 Å². The fourth-order valence-corrected chi connectivity index (χ4v) is 8.37. The van der Waals surface area contributed by atoms with Gasteiger partial charge in [0.15, 0.2) is 0 Å². The van der Waals surface area contributed by atoms with Crippen molar-refractivity contribution in [1.82, 2.24) is 34.6 Å². The van der Waals surface area contributed by atoms with E-state index in [1.807, 2.05) is 41.3 Å². The van der Waals surface area contributed by atoms with E-state index < -0.39 is 5.60 Å². The lowest BCUT2D eigenvalue weighted by molar-refractivity contribution is -0.140.